The van der Waals surface area contributed by atoms with Crippen molar-refractivity contribution in [2.45, 2.75) is 44.4 Å². The molecule has 0 radical (unpaired) electrons. The van der Waals surface area contributed by atoms with Gasteiger partial charge in [0.2, 0.25) is 5.91 Å². The monoisotopic (exact) mass is 376 g/mol. The highest BCUT2D eigenvalue weighted by Crippen LogP contribution is 2.62. The summed E-state index contributed by atoms with van der Waals surface area (Å²) in [4.78, 5) is 13.7. The third kappa shape index (κ3) is 2.27. The Bertz CT molecular complexity index is 852. The molecule has 8 heteroatoms. The van der Waals surface area contributed by atoms with E-state index in [0.29, 0.717) is 16.8 Å². The molecule has 0 aromatic carbocycles. The van der Waals surface area contributed by atoms with Crippen LogP contribution >= 0.6 is 23.6 Å². The minimum Gasteiger partial charge on any atom is -0.377 e. The highest BCUT2D eigenvalue weighted by Gasteiger charge is 2.66. The van der Waals surface area contributed by atoms with Crippen LogP contribution in [0.15, 0.2) is 17.5 Å². The molecule has 132 valence electrons. The molecule has 2 aromatic heterocycles. The van der Waals surface area contributed by atoms with E-state index in [1.165, 1.54) is 19.3 Å². The lowest BCUT2D eigenvalue weighted by atomic mass is 9.46. The number of hydrogen-bond acceptors (Lipinski definition) is 5. The van der Waals surface area contributed by atoms with Crippen molar-refractivity contribution >= 4 is 29.5 Å². The van der Waals surface area contributed by atoms with Crippen LogP contribution in [0.2, 0.25) is 0 Å². The van der Waals surface area contributed by atoms with Crippen LogP contribution in [0.4, 0.5) is 0 Å². The van der Waals surface area contributed by atoms with Gasteiger partial charge in [0.25, 0.3) is 0 Å². The van der Waals surface area contributed by atoms with Crippen molar-refractivity contribution in [3.05, 3.63) is 22.3 Å². The fourth-order valence-electron chi connectivity index (χ4n) is 4.88. The number of H-pyrrole nitrogens is 1. The topological polar surface area (TPSA) is 71.9 Å². The maximum atomic E-state index is 12.7. The molecule has 0 bridgehead atoms. The lowest BCUT2D eigenvalue weighted by Crippen LogP contribution is -2.71. The molecule has 2 saturated carbocycles. The van der Waals surface area contributed by atoms with Crippen molar-refractivity contribution in [3.8, 4) is 10.7 Å². The second kappa shape index (κ2) is 5.75. The number of thiophene rings is 1. The van der Waals surface area contributed by atoms with Gasteiger partial charge in [-0.2, -0.15) is 5.10 Å². The van der Waals surface area contributed by atoms with Gasteiger partial charge in [0.1, 0.15) is 6.54 Å². The van der Waals surface area contributed by atoms with Gasteiger partial charge in [-0.05, 0) is 42.9 Å². The Morgan fingerprint density at radius 1 is 1.56 bits per heavy atom. The molecule has 5 rings (SSSR count). The minimum absolute atomic E-state index is 0.0110. The number of nitrogens with zero attached hydrogens (tertiary/aromatic N) is 2. The van der Waals surface area contributed by atoms with Crippen molar-refractivity contribution in [2.75, 3.05) is 6.61 Å². The average molecular weight is 377 g/mol. The van der Waals surface area contributed by atoms with Gasteiger partial charge in [-0.15, -0.1) is 11.3 Å². The maximum absolute atomic E-state index is 12.7. The van der Waals surface area contributed by atoms with Crippen LogP contribution in [0.25, 0.3) is 10.7 Å². The Morgan fingerprint density at radius 3 is 3.16 bits per heavy atom. The molecule has 1 amide bonds. The predicted octanol–water partition coefficient (Wildman–Crippen LogP) is 2.74. The normalized spacial score (nSPS) is 29.0. The number of aromatic amines is 1. The lowest BCUT2D eigenvalue weighted by Gasteiger charge is -2.63. The first-order valence-corrected chi connectivity index (χ1v) is 10.1. The highest BCUT2D eigenvalue weighted by atomic mass is 32.1. The van der Waals surface area contributed by atoms with E-state index in [2.05, 4.69) is 15.5 Å². The van der Waals surface area contributed by atoms with Gasteiger partial charge >= 0.3 is 0 Å². The molecular formula is C17H20N4O2S2. The zero-order chi connectivity index (χ0) is 17.0. The first-order chi connectivity index (χ1) is 12.2. The molecule has 1 aliphatic heterocycles. The Morgan fingerprint density at radius 2 is 2.44 bits per heavy atom. The number of carbonyl (C=O) groups is 1. The molecule has 6 nitrogen and oxygen atoms in total. The van der Waals surface area contributed by atoms with E-state index in [-0.39, 0.29) is 23.9 Å². The van der Waals surface area contributed by atoms with E-state index < -0.39 is 0 Å². The van der Waals surface area contributed by atoms with E-state index in [1.54, 1.807) is 15.9 Å². The van der Waals surface area contributed by atoms with Crippen LogP contribution in [0, 0.1) is 16.1 Å². The summed E-state index contributed by atoms with van der Waals surface area (Å²) in [6.07, 6.45) is 5.01. The quantitative estimate of drug-likeness (QED) is 0.805. The number of ether oxygens (including phenoxy) is 1. The van der Waals surface area contributed by atoms with Crippen LogP contribution in [-0.4, -0.2) is 39.4 Å². The predicted molar refractivity (Wildman–Crippen MR) is 96.8 cm³/mol. The van der Waals surface area contributed by atoms with E-state index in [0.717, 1.165) is 23.7 Å². The van der Waals surface area contributed by atoms with Crippen molar-refractivity contribution < 1.29 is 9.53 Å². The van der Waals surface area contributed by atoms with Crippen molar-refractivity contribution in [1.29, 1.82) is 0 Å². The summed E-state index contributed by atoms with van der Waals surface area (Å²) < 4.78 is 8.19. The Kier molecular flexibility index (Phi) is 3.62. The van der Waals surface area contributed by atoms with Gasteiger partial charge in [-0.1, -0.05) is 12.5 Å². The Hall–Kier alpha value is -1.51. The number of aromatic nitrogens is 3. The number of rotatable bonds is 4. The third-order valence-corrected chi connectivity index (χ3v) is 7.33. The summed E-state index contributed by atoms with van der Waals surface area (Å²) in [5.74, 6) is 1.22. The smallest absolute Gasteiger partial charge is 0.240 e. The SMILES string of the molecule is O=C(Cn1c(-c2cccs2)n[nH]c1=S)N[C@@H]1[C@@H]2CCO[C@@H]2C12CCC2. The van der Waals surface area contributed by atoms with Crippen LogP contribution in [0.1, 0.15) is 25.7 Å². The van der Waals surface area contributed by atoms with E-state index >= 15 is 0 Å². The van der Waals surface area contributed by atoms with Crippen LogP contribution < -0.4 is 5.32 Å². The first-order valence-electron chi connectivity index (χ1n) is 8.79. The van der Waals surface area contributed by atoms with Gasteiger partial charge < -0.3 is 10.1 Å². The lowest BCUT2D eigenvalue weighted by molar-refractivity contribution is -0.179. The minimum atomic E-state index is 0.0110. The second-order valence-electron chi connectivity index (χ2n) is 7.29. The molecule has 1 saturated heterocycles. The van der Waals surface area contributed by atoms with Crippen LogP contribution in [0.5, 0.6) is 0 Å². The molecular weight excluding hydrogens is 356 g/mol. The summed E-state index contributed by atoms with van der Waals surface area (Å²) >= 11 is 6.91. The number of amides is 1. The summed E-state index contributed by atoms with van der Waals surface area (Å²) in [5, 5.41) is 12.4. The molecule has 3 aliphatic rings. The van der Waals surface area contributed by atoms with Crippen molar-refractivity contribution in [1.82, 2.24) is 20.1 Å². The molecule has 1 spiro atoms. The molecule has 3 fully saturated rings. The van der Waals surface area contributed by atoms with Gasteiger partial charge in [-0.3, -0.25) is 14.5 Å². The third-order valence-electron chi connectivity index (χ3n) is 6.15. The van der Waals surface area contributed by atoms with Crippen LogP contribution in [-0.2, 0) is 16.1 Å². The summed E-state index contributed by atoms with van der Waals surface area (Å²) in [7, 11) is 0. The molecule has 3 atom stereocenters. The molecule has 2 aliphatic carbocycles. The van der Waals surface area contributed by atoms with E-state index in [4.69, 9.17) is 17.0 Å². The molecule has 0 unspecified atom stereocenters. The zero-order valence-electron chi connectivity index (χ0n) is 13.7. The van der Waals surface area contributed by atoms with Gasteiger partial charge in [-0.25, -0.2) is 0 Å². The Balaban J connectivity index is 1.34. The Labute approximate surface area is 154 Å². The molecule has 25 heavy (non-hydrogen) atoms. The second-order valence-corrected chi connectivity index (χ2v) is 8.63. The molecule has 3 heterocycles. The highest BCUT2D eigenvalue weighted by molar-refractivity contribution is 7.71. The van der Waals surface area contributed by atoms with Gasteiger partial charge in [0, 0.05) is 24.0 Å². The fraction of sp³-hybridized carbons (Fsp3) is 0.588. The van der Waals surface area contributed by atoms with Gasteiger partial charge in [0.15, 0.2) is 10.6 Å². The summed E-state index contributed by atoms with van der Waals surface area (Å²) in [6.45, 7) is 1.03. The number of fused-ring (bicyclic) bond motifs is 2. The van der Waals surface area contributed by atoms with Crippen LogP contribution in [0.3, 0.4) is 0 Å². The van der Waals surface area contributed by atoms with E-state index in [1.807, 2.05) is 17.5 Å². The van der Waals surface area contributed by atoms with Crippen molar-refractivity contribution in [2.24, 2.45) is 11.3 Å². The number of hydrogen-bond donors (Lipinski definition) is 2. The number of nitrogens with one attached hydrogen (secondary N) is 2. The zero-order valence-corrected chi connectivity index (χ0v) is 15.4. The summed E-state index contributed by atoms with van der Waals surface area (Å²) in [5.41, 5.74) is 0.200. The fourth-order valence-corrected chi connectivity index (χ4v) is 5.80. The van der Waals surface area contributed by atoms with Gasteiger partial charge in [0.05, 0.1) is 11.0 Å². The molecule has 2 aromatic rings. The maximum Gasteiger partial charge on any atom is 0.240 e. The molecule has 2 N–H and O–H groups in total. The summed E-state index contributed by atoms with van der Waals surface area (Å²) in [6, 6.07) is 4.21. The van der Waals surface area contributed by atoms with E-state index in [9.17, 15) is 4.79 Å². The number of carbonyl (C=O) groups excluding carboxylic acids is 1. The van der Waals surface area contributed by atoms with Crippen molar-refractivity contribution in [3.63, 3.8) is 0 Å². The average Bonchev–Trinajstić information content (AvgIpc) is 3.26. The standard InChI is InChI=1S/C17H20N4O2S2/c22-12(9-21-15(19-20-16(21)24)11-3-1-8-25-11)18-13-10-4-7-23-14(10)17(13)5-2-6-17/h1,3,8,10,13-14H,2,4-7,9H2,(H,18,22)(H,20,24)/t10-,13+,14-/m0/s1. The largest absolute Gasteiger partial charge is 0.377 e. The first kappa shape index (κ1) is 15.7.